The summed E-state index contributed by atoms with van der Waals surface area (Å²) < 4.78 is 0. The quantitative estimate of drug-likeness (QED) is 0.288. The molecule has 1 amide bonds. The van der Waals surface area contributed by atoms with Gasteiger partial charge in [0, 0.05) is 18.2 Å². The van der Waals surface area contributed by atoms with Gasteiger partial charge in [0.05, 0.1) is 5.39 Å². The fourth-order valence-electron chi connectivity index (χ4n) is 3.21. The van der Waals surface area contributed by atoms with Crippen molar-refractivity contribution >= 4 is 40.6 Å². The molecule has 2 aromatic heterocycles. The second kappa shape index (κ2) is 9.11. The van der Waals surface area contributed by atoms with Crippen LogP contribution >= 0.6 is 0 Å². The first-order valence-corrected chi connectivity index (χ1v) is 9.48. The fourth-order valence-corrected chi connectivity index (χ4v) is 3.21. The maximum absolute atomic E-state index is 12.3. The lowest BCUT2D eigenvalue weighted by Gasteiger charge is -2.13. The number of anilines is 2. The highest BCUT2D eigenvalue weighted by Crippen LogP contribution is 2.24. The Morgan fingerprint density at radius 2 is 1.77 bits per heavy atom. The average Bonchev–Trinajstić information content (AvgIpc) is 3.12. The molecule has 0 unspecified atom stereocenters. The molecule has 0 bridgehead atoms. The molecule has 0 radical (unpaired) electrons. The normalized spacial score (nSPS) is 11.9. The standard InChI is InChI=1S/C20H22N6O5/c21-16-15-12(9-23-17(15)26-20(22)25-16)6-3-10-1-4-11(5-2-10)18(29)24-13(19(30)31)7-8-14(27)28/h1-2,4-5,9,13H,3,6-8H2,(H,24,29)(H,27,28)(H,30,31)(H5,21,22,23,25,26)/t13-/m1/s1. The van der Waals surface area contributed by atoms with E-state index in [1.807, 2.05) is 0 Å². The zero-order valence-corrected chi connectivity index (χ0v) is 16.5. The number of aromatic amines is 1. The van der Waals surface area contributed by atoms with Gasteiger partial charge in [0.1, 0.15) is 17.5 Å². The molecule has 0 aliphatic rings. The predicted molar refractivity (Wildman–Crippen MR) is 112 cm³/mol. The van der Waals surface area contributed by atoms with Crippen molar-refractivity contribution in [2.75, 3.05) is 11.5 Å². The number of aliphatic carboxylic acids is 2. The second-order valence-electron chi connectivity index (χ2n) is 7.00. The minimum atomic E-state index is -1.28. The van der Waals surface area contributed by atoms with Gasteiger partial charge in [0.2, 0.25) is 5.95 Å². The Labute approximate surface area is 176 Å². The van der Waals surface area contributed by atoms with Crippen molar-refractivity contribution in [2.24, 2.45) is 0 Å². The Bertz CT molecular complexity index is 1130. The number of carbonyl (C=O) groups is 3. The minimum absolute atomic E-state index is 0.0976. The molecule has 2 heterocycles. The summed E-state index contributed by atoms with van der Waals surface area (Å²) in [5.41, 5.74) is 14.3. The first kappa shape index (κ1) is 21.6. The van der Waals surface area contributed by atoms with Crippen molar-refractivity contribution in [2.45, 2.75) is 31.7 Å². The van der Waals surface area contributed by atoms with Gasteiger partial charge in [0.15, 0.2) is 0 Å². The molecule has 11 nitrogen and oxygen atoms in total. The van der Waals surface area contributed by atoms with Crippen molar-refractivity contribution in [1.82, 2.24) is 20.3 Å². The Kier molecular flexibility index (Phi) is 6.34. The number of nitrogens with zero attached hydrogens (tertiary/aromatic N) is 2. The molecule has 0 saturated heterocycles. The van der Waals surface area contributed by atoms with Crippen LogP contribution in [-0.2, 0) is 22.4 Å². The third-order valence-corrected chi connectivity index (χ3v) is 4.81. The lowest BCUT2D eigenvalue weighted by Crippen LogP contribution is -2.41. The Morgan fingerprint density at radius 1 is 1.06 bits per heavy atom. The van der Waals surface area contributed by atoms with Gasteiger partial charge in [-0.2, -0.15) is 9.97 Å². The van der Waals surface area contributed by atoms with Crippen molar-refractivity contribution in [3.63, 3.8) is 0 Å². The van der Waals surface area contributed by atoms with Gasteiger partial charge >= 0.3 is 11.9 Å². The molecule has 0 aliphatic heterocycles. The number of fused-ring (bicyclic) bond motifs is 1. The van der Waals surface area contributed by atoms with Crippen LogP contribution in [0.3, 0.4) is 0 Å². The highest BCUT2D eigenvalue weighted by atomic mass is 16.4. The number of aromatic nitrogens is 3. The number of carboxylic acid groups (broad SMARTS) is 2. The molecular weight excluding hydrogens is 404 g/mol. The number of rotatable bonds is 9. The van der Waals surface area contributed by atoms with Crippen LogP contribution < -0.4 is 16.8 Å². The van der Waals surface area contributed by atoms with Gasteiger partial charge in [-0.15, -0.1) is 0 Å². The van der Waals surface area contributed by atoms with E-state index in [1.54, 1.807) is 30.5 Å². The Balaban J connectivity index is 1.63. The molecule has 31 heavy (non-hydrogen) atoms. The van der Waals surface area contributed by atoms with Crippen LogP contribution in [0.1, 0.15) is 34.3 Å². The number of carbonyl (C=O) groups excluding carboxylic acids is 1. The van der Waals surface area contributed by atoms with Crippen molar-refractivity contribution in [3.8, 4) is 0 Å². The molecule has 0 saturated carbocycles. The van der Waals surface area contributed by atoms with Crippen LogP contribution in [0.2, 0.25) is 0 Å². The first-order valence-electron chi connectivity index (χ1n) is 9.48. The highest BCUT2D eigenvalue weighted by molar-refractivity contribution is 5.96. The summed E-state index contributed by atoms with van der Waals surface area (Å²) in [5, 5.41) is 20.9. The maximum atomic E-state index is 12.3. The van der Waals surface area contributed by atoms with Crippen LogP contribution in [0.5, 0.6) is 0 Å². The third-order valence-electron chi connectivity index (χ3n) is 4.81. The van der Waals surface area contributed by atoms with E-state index in [0.29, 0.717) is 24.3 Å². The summed E-state index contributed by atoms with van der Waals surface area (Å²) in [6.07, 6.45) is 2.57. The van der Waals surface area contributed by atoms with E-state index in [4.69, 9.17) is 21.7 Å². The van der Waals surface area contributed by atoms with Crippen LogP contribution in [0.25, 0.3) is 11.0 Å². The number of nitrogens with one attached hydrogen (secondary N) is 2. The average molecular weight is 426 g/mol. The van der Waals surface area contributed by atoms with E-state index in [0.717, 1.165) is 16.5 Å². The predicted octanol–water partition coefficient (Wildman–Crippen LogP) is 0.955. The molecule has 8 N–H and O–H groups in total. The number of amides is 1. The van der Waals surface area contributed by atoms with Crippen LogP contribution in [-0.4, -0.2) is 49.1 Å². The Morgan fingerprint density at radius 3 is 2.42 bits per heavy atom. The first-order chi connectivity index (χ1) is 14.7. The number of carboxylic acids is 2. The monoisotopic (exact) mass is 426 g/mol. The van der Waals surface area contributed by atoms with Crippen molar-refractivity contribution in [1.29, 1.82) is 0 Å². The molecule has 162 valence electrons. The van der Waals surface area contributed by atoms with E-state index in [-0.39, 0.29) is 24.4 Å². The summed E-state index contributed by atoms with van der Waals surface area (Å²) in [5.74, 6) is -2.59. The maximum Gasteiger partial charge on any atom is 0.326 e. The fraction of sp³-hybridized carbons (Fsp3) is 0.250. The van der Waals surface area contributed by atoms with Crippen LogP contribution in [0, 0.1) is 0 Å². The van der Waals surface area contributed by atoms with Gasteiger partial charge in [-0.05, 0) is 42.5 Å². The SMILES string of the molecule is Nc1nc(N)c2c(CCc3ccc(C(=O)N[C@H](CCC(=O)O)C(=O)O)cc3)c[nH]c2n1. The summed E-state index contributed by atoms with van der Waals surface area (Å²) in [6, 6.07) is 5.46. The molecule has 0 fully saturated rings. The molecule has 1 atom stereocenters. The Hall–Kier alpha value is -4.15. The lowest BCUT2D eigenvalue weighted by atomic mass is 10.0. The number of H-pyrrole nitrogens is 1. The van der Waals surface area contributed by atoms with Crippen LogP contribution in [0.15, 0.2) is 30.5 Å². The van der Waals surface area contributed by atoms with Gasteiger partial charge in [-0.25, -0.2) is 4.79 Å². The number of nitrogens with two attached hydrogens (primary N) is 2. The molecule has 0 spiro atoms. The molecule has 0 aliphatic carbocycles. The van der Waals surface area contributed by atoms with Gasteiger partial charge in [-0.3, -0.25) is 9.59 Å². The zero-order chi connectivity index (χ0) is 22.5. The van der Waals surface area contributed by atoms with Gasteiger partial charge < -0.3 is 32.0 Å². The topological polar surface area (TPSA) is 197 Å². The molecule has 11 heteroatoms. The lowest BCUT2D eigenvalue weighted by molar-refractivity contribution is -0.140. The number of benzene rings is 1. The number of aryl methyl sites for hydroxylation is 2. The smallest absolute Gasteiger partial charge is 0.326 e. The van der Waals surface area contributed by atoms with E-state index >= 15 is 0 Å². The molecular formula is C20H22N6O5. The number of nitrogen functional groups attached to an aromatic ring is 2. The highest BCUT2D eigenvalue weighted by Gasteiger charge is 2.21. The summed E-state index contributed by atoms with van der Waals surface area (Å²) in [6.45, 7) is 0. The van der Waals surface area contributed by atoms with Crippen molar-refractivity contribution in [3.05, 3.63) is 47.2 Å². The number of hydrogen-bond donors (Lipinski definition) is 6. The van der Waals surface area contributed by atoms with Gasteiger partial charge in [0.25, 0.3) is 5.91 Å². The molecule has 3 rings (SSSR count). The second-order valence-corrected chi connectivity index (χ2v) is 7.00. The zero-order valence-electron chi connectivity index (χ0n) is 16.5. The van der Waals surface area contributed by atoms with E-state index < -0.39 is 23.9 Å². The van der Waals surface area contributed by atoms with Crippen LogP contribution in [0.4, 0.5) is 11.8 Å². The number of hydrogen-bond acceptors (Lipinski definition) is 7. The largest absolute Gasteiger partial charge is 0.481 e. The minimum Gasteiger partial charge on any atom is -0.481 e. The van der Waals surface area contributed by atoms with E-state index in [9.17, 15) is 14.4 Å². The summed E-state index contributed by atoms with van der Waals surface area (Å²) >= 11 is 0. The third kappa shape index (κ3) is 5.26. The molecule has 1 aromatic carbocycles. The van der Waals surface area contributed by atoms with E-state index in [1.165, 1.54) is 0 Å². The van der Waals surface area contributed by atoms with Gasteiger partial charge in [-0.1, -0.05) is 12.1 Å². The molecule has 3 aromatic rings. The van der Waals surface area contributed by atoms with Crippen molar-refractivity contribution < 1.29 is 24.6 Å². The van der Waals surface area contributed by atoms with E-state index in [2.05, 4.69) is 20.3 Å². The summed E-state index contributed by atoms with van der Waals surface area (Å²) in [7, 11) is 0. The summed E-state index contributed by atoms with van der Waals surface area (Å²) in [4.78, 5) is 45.3.